The average molecular weight is 539 g/mol. The van der Waals surface area contributed by atoms with E-state index in [-0.39, 0.29) is 42.9 Å². The van der Waals surface area contributed by atoms with E-state index in [0.29, 0.717) is 11.8 Å². The van der Waals surface area contributed by atoms with E-state index in [2.05, 4.69) is 5.10 Å². The zero-order valence-corrected chi connectivity index (χ0v) is 21.5. The highest BCUT2D eigenvalue weighted by atomic mass is 32.2. The second kappa shape index (κ2) is 9.83. The molecule has 196 valence electrons. The second-order valence-corrected chi connectivity index (χ2v) is 13.7. The van der Waals surface area contributed by atoms with Crippen LogP contribution in [0.1, 0.15) is 51.0 Å². The highest BCUT2D eigenvalue weighted by Crippen LogP contribution is 2.43. The Bertz CT molecular complexity index is 1270. The van der Waals surface area contributed by atoms with E-state index in [9.17, 15) is 30.0 Å². The summed E-state index contributed by atoms with van der Waals surface area (Å²) in [6.07, 6.45) is -5.60. The highest BCUT2D eigenvalue weighted by molar-refractivity contribution is 7.92. The fourth-order valence-electron chi connectivity index (χ4n) is 4.10. The Morgan fingerprint density at radius 2 is 1.91 bits per heavy atom. The Morgan fingerprint density at radius 3 is 2.51 bits per heavy atom. The lowest BCUT2D eigenvalue weighted by molar-refractivity contribution is -0.137. The zero-order valence-electron chi connectivity index (χ0n) is 19.9. The molecule has 1 fully saturated rings. The van der Waals surface area contributed by atoms with Crippen molar-refractivity contribution in [2.24, 2.45) is 5.92 Å². The predicted molar refractivity (Wildman–Crippen MR) is 121 cm³/mol. The lowest BCUT2D eigenvalue weighted by Gasteiger charge is -2.37. The first-order valence-electron chi connectivity index (χ1n) is 10.9. The number of aromatic nitrogens is 2. The van der Waals surface area contributed by atoms with Gasteiger partial charge in [0.1, 0.15) is 12.8 Å². The van der Waals surface area contributed by atoms with Gasteiger partial charge in [-0.2, -0.15) is 18.3 Å². The largest absolute Gasteiger partial charge is 0.416 e. The molecule has 2 heterocycles. The molecule has 0 aliphatic carbocycles. The van der Waals surface area contributed by atoms with Gasteiger partial charge in [0.15, 0.2) is 24.7 Å². The van der Waals surface area contributed by atoms with Crippen LogP contribution in [0.4, 0.5) is 13.2 Å². The van der Waals surface area contributed by atoms with Crippen LogP contribution in [0, 0.1) is 5.92 Å². The first kappa shape index (κ1) is 27.6. The molecule has 2 unspecified atom stereocenters. The molecule has 0 radical (unpaired) electrons. The lowest BCUT2D eigenvalue weighted by Crippen LogP contribution is -2.42. The second-order valence-electron chi connectivity index (χ2n) is 9.29. The molecule has 8 nitrogen and oxygen atoms in total. The summed E-state index contributed by atoms with van der Waals surface area (Å²) >= 11 is 0. The number of nitrogens with zero attached hydrogens (tertiary/aromatic N) is 2. The van der Waals surface area contributed by atoms with E-state index < -0.39 is 47.2 Å². The molecule has 1 aromatic carbocycles. The van der Waals surface area contributed by atoms with Crippen LogP contribution in [0.2, 0.25) is 0 Å². The number of rotatable bonds is 8. The van der Waals surface area contributed by atoms with Gasteiger partial charge < -0.3 is 9.47 Å². The minimum absolute atomic E-state index is 0.00555. The minimum Gasteiger partial charge on any atom is -0.372 e. The van der Waals surface area contributed by atoms with Crippen LogP contribution >= 0.6 is 0 Å². The monoisotopic (exact) mass is 538 g/mol. The Kier molecular flexibility index (Phi) is 7.76. The number of alkyl halides is 3. The molecular weight excluding hydrogens is 509 g/mol. The van der Waals surface area contributed by atoms with Crippen LogP contribution in [0.3, 0.4) is 0 Å². The van der Waals surface area contributed by atoms with Gasteiger partial charge in [-0.25, -0.2) is 21.5 Å². The fourth-order valence-corrected chi connectivity index (χ4v) is 7.50. The summed E-state index contributed by atoms with van der Waals surface area (Å²) in [5, 5.41) is 3.98. The van der Waals surface area contributed by atoms with Crippen molar-refractivity contribution in [3.8, 4) is 0 Å². The third-order valence-electron chi connectivity index (χ3n) is 5.93. The topological polar surface area (TPSA) is 105 Å². The average Bonchev–Trinajstić information content (AvgIpc) is 3.18. The third-order valence-corrected chi connectivity index (χ3v) is 10.4. The molecule has 2 aromatic rings. The van der Waals surface area contributed by atoms with E-state index in [1.165, 1.54) is 24.8 Å². The minimum atomic E-state index is -4.69. The molecule has 0 amide bonds. The quantitative estimate of drug-likeness (QED) is 0.500. The number of ether oxygens (including phenoxy) is 2. The molecule has 1 aliphatic heterocycles. The summed E-state index contributed by atoms with van der Waals surface area (Å²) in [5.74, 6) is -0.258. The summed E-state index contributed by atoms with van der Waals surface area (Å²) in [6.45, 7) is 4.90. The first-order valence-corrected chi connectivity index (χ1v) is 14.1. The van der Waals surface area contributed by atoms with Gasteiger partial charge in [-0.05, 0) is 43.9 Å². The Labute approximate surface area is 203 Å². The molecular formula is C22H29F3N2O6S2. The van der Waals surface area contributed by atoms with E-state index in [0.717, 1.165) is 18.2 Å². The van der Waals surface area contributed by atoms with Gasteiger partial charge in [0.25, 0.3) is 0 Å². The smallest absolute Gasteiger partial charge is 0.372 e. The highest BCUT2D eigenvalue weighted by Gasteiger charge is 2.46. The predicted octanol–water partition coefficient (Wildman–Crippen LogP) is 4.02. The molecule has 13 heteroatoms. The van der Waals surface area contributed by atoms with E-state index in [4.69, 9.17) is 9.47 Å². The Hall–Kier alpha value is -1.96. The van der Waals surface area contributed by atoms with Gasteiger partial charge in [-0.1, -0.05) is 19.9 Å². The molecule has 3 rings (SSSR count). The zero-order chi connectivity index (χ0) is 26.2. The van der Waals surface area contributed by atoms with Crippen molar-refractivity contribution in [2.75, 3.05) is 19.5 Å². The molecule has 0 spiro atoms. The van der Waals surface area contributed by atoms with Gasteiger partial charge in [0.05, 0.1) is 26.7 Å². The van der Waals surface area contributed by atoms with Gasteiger partial charge >= 0.3 is 6.18 Å². The number of hydrogen-bond acceptors (Lipinski definition) is 7. The summed E-state index contributed by atoms with van der Waals surface area (Å²) in [7, 11) is -6.51. The molecule has 35 heavy (non-hydrogen) atoms. The van der Waals surface area contributed by atoms with Crippen molar-refractivity contribution in [3.05, 3.63) is 41.6 Å². The third kappa shape index (κ3) is 5.73. The van der Waals surface area contributed by atoms with Crippen molar-refractivity contribution in [1.29, 1.82) is 0 Å². The van der Waals surface area contributed by atoms with Gasteiger partial charge in [0, 0.05) is 19.8 Å². The Morgan fingerprint density at radius 1 is 1.23 bits per heavy atom. The van der Waals surface area contributed by atoms with Crippen LogP contribution in [-0.4, -0.2) is 50.8 Å². The van der Waals surface area contributed by atoms with E-state index in [1.54, 1.807) is 13.8 Å². The number of hydrogen-bond donors (Lipinski definition) is 0. The molecule has 0 saturated carbocycles. The van der Waals surface area contributed by atoms with Gasteiger partial charge in [-0.3, -0.25) is 0 Å². The first-order chi connectivity index (χ1) is 16.1. The summed E-state index contributed by atoms with van der Waals surface area (Å²) in [6, 6.07) is 5.01. The van der Waals surface area contributed by atoms with E-state index in [1.807, 2.05) is 0 Å². The van der Waals surface area contributed by atoms with Crippen LogP contribution in [0.15, 0.2) is 40.3 Å². The van der Waals surface area contributed by atoms with Gasteiger partial charge in [0.2, 0.25) is 0 Å². The number of methoxy groups -OCH3 is 1. The van der Waals surface area contributed by atoms with Crippen LogP contribution < -0.4 is 0 Å². The van der Waals surface area contributed by atoms with Crippen molar-refractivity contribution in [1.82, 2.24) is 9.78 Å². The lowest BCUT2D eigenvalue weighted by atomic mass is 9.95. The number of benzene rings is 1. The van der Waals surface area contributed by atoms with Crippen LogP contribution in [0.5, 0.6) is 0 Å². The summed E-state index contributed by atoms with van der Waals surface area (Å²) in [4.78, 5) is -0.430. The van der Waals surface area contributed by atoms with Crippen molar-refractivity contribution in [2.45, 2.75) is 67.3 Å². The molecule has 0 bridgehead atoms. The molecule has 2 atom stereocenters. The van der Waals surface area contributed by atoms with Crippen molar-refractivity contribution in [3.63, 3.8) is 0 Å². The number of sulfone groups is 2. The molecule has 1 aromatic heterocycles. The standard InChI is InChI=1S/C22H29F3N2O6S2/c1-15(2)13-34(28,29)20-11-18(27(26-20)14-32-4)19-12-21(3,8-9-33-19)35(30,31)17-7-5-6-16(10-17)22(23,24)25/h5-7,10-11,15,19H,8-9,12-14H2,1-4H3. The Balaban J connectivity index is 1.99. The maximum Gasteiger partial charge on any atom is 0.416 e. The maximum absolute atomic E-state index is 13.5. The van der Waals surface area contributed by atoms with E-state index >= 15 is 0 Å². The van der Waals surface area contributed by atoms with Crippen molar-refractivity contribution >= 4 is 19.7 Å². The molecule has 1 aliphatic rings. The number of halogens is 3. The van der Waals surface area contributed by atoms with Gasteiger partial charge in [-0.15, -0.1) is 0 Å². The molecule has 0 N–H and O–H groups in total. The van der Waals surface area contributed by atoms with Crippen LogP contribution in [-0.2, 0) is 42.1 Å². The summed E-state index contributed by atoms with van der Waals surface area (Å²) in [5.41, 5.74) is -0.733. The molecule has 1 saturated heterocycles. The summed E-state index contributed by atoms with van der Waals surface area (Å²) < 4.78 is 103. The van der Waals surface area contributed by atoms with Crippen LogP contribution in [0.25, 0.3) is 0 Å². The normalized spacial score (nSPS) is 22.0. The fraction of sp³-hybridized carbons (Fsp3) is 0.591. The SMILES string of the molecule is COCn1nc(S(=O)(=O)CC(C)C)cc1C1CC(C)(S(=O)(=O)c2cccc(C(F)(F)F)c2)CCO1. The van der Waals surface area contributed by atoms with Crippen molar-refractivity contribution < 1.29 is 39.5 Å². The maximum atomic E-state index is 13.5.